The minimum absolute atomic E-state index is 0.301. The summed E-state index contributed by atoms with van der Waals surface area (Å²) in [5, 5.41) is 5.90. The van der Waals surface area contributed by atoms with Gasteiger partial charge in [0.05, 0.1) is 10.6 Å². The van der Waals surface area contributed by atoms with Gasteiger partial charge in [0.25, 0.3) is 0 Å². The molecule has 0 aliphatic rings. The van der Waals surface area contributed by atoms with Crippen LogP contribution in [0.2, 0.25) is 0 Å². The molecule has 0 saturated heterocycles. The summed E-state index contributed by atoms with van der Waals surface area (Å²) in [6, 6.07) is 10.6. The van der Waals surface area contributed by atoms with Crippen molar-refractivity contribution in [1.82, 2.24) is 14.3 Å². The Balaban J connectivity index is 1.72. The molecule has 0 radical (unpaired) electrons. The van der Waals surface area contributed by atoms with Crippen molar-refractivity contribution in [3.05, 3.63) is 66.3 Å². The van der Waals surface area contributed by atoms with E-state index in [2.05, 4.69) is 21.9 Å². The van der Waals surface area contributed by atoms with Crippen molar-refractivity contribution < 1.29 is 8.42 Å². The Kier molecular flexibility index (Phi) is 7.36. The third kappa shape index (κ3) is 5.13. The third-order valence-electron chi connectivity index (χ3n) is 4.52. The van der Waals surface area contributed by atoms with Gasteiger partial charge in [-0.05, 0) is 42.7 Å². The molecule has 0 atom stereocenters. The third-order valence-corrected chi connectivity index (χ3v) is 7.20. The lowest BCUT2D eigenvalue weighted by Crippen LogP contribution is -2.32. The first-order valence-corrected chi connectivity index (χ1v) is 12.2. The summed E-state index contributed by atoms with van der Waals surface area (Å²) in [5.41, 5.74) is 3.34. The van der Waals surface area contributed by atoms with Gasteiger partial charge in [0.2, 0.25) is 10.0 Å². The zero-order valence-corrected chi connectivity index (χ0v) is 18.8. The lowest BCUT2D eigenvalue weighted by molar-refractivity contribution is 0.410. The van der Waals surface area contributed by atoms with E-state index in [1.54, 1.807) is 41.0 Å². The second-order valence-electron chi connectivity index (χ2n) is 6.81. The largest absolute Gasteiger partial charge is 0.332 e. The Morgan fingerprint density at radius 3 is 2.30 bits per heavy atom. The topological polar surface area (TPSA) is 75.2 Å². The Morgan fingerprint density at radius 1 is 1.07 bits per heavy atom. The van der Waals surface area contributed by atoms with Crippen LogP contribution >= 0.6 is 11.3 Å². The number of sulfonamides is 1. The van der Waals surface area contributed by atoms with E-state index < -0.39 is 10.0 Å². The van der Waals surface area contributed by atoms with Gasteiger partial charge < -0.3 is 5.32 Å². The van der Waals surface area contributed by atoms with Crippen molar-refractivity contribution in [3.63, 3.8) is 0 Å². The van der Waals surface area contributed by atoms with Crippen molar-refractivity contribution in [2.75, 3.05) is 18.4 Å². The van der Waals surface area contributed by atoms with Crippen molar-refractivity contribution >= 4 is 32.2 Å². The van der Waals surface area contributed by atoms with Crippen LogP contribution in [-0.4, -0.2) is 35.8 Å². The van der Waals surface area contributed by atoms with Gasteiger partial charge in [-0.2, -0.15) is 4.31 Å². The van der Waals surface area contributed by atoms with Crippen LogP contribution in [0.15, 0.2) is 65.6 Å². The van der Waals surface area contributed by atoms with E-state index in [0.717, 1.165) is 34.8 Å². The van der Waals surface area contributed by atoms with Crippen LogP contribution in [0.5, 0.6) is 0 Å². The second-order valence-corrected chi connectivity index (χ2v) is 9.60. The molecule has 0 saturated carbocycles. The molecule has 0 amide bonds. The standard InChI is InChI=1S/C22H26N4O2S2/c1-4-14-26(15-5-2)30(27,28)20-8-6-18(7-9-20)17(3)24-22-25-21(16-29-22)19-10-12-23-13-11-19/h6-13,16H,3-5,14-15H2,1-2H3,(H,24,25). The molecule has 3 aromatic rings. The number of nitrogens with one attached hydrogen (secondary N) is 1. The van der Waals surface area contributed by atoms with Crippen LogP contribution in [-0.2, 0) is 10.0 Å². The van der Waals surface area contributed by atoms with Gasteiger partial charge in [0, 0.05) is 42.1 Å². The zero-order valence-electron chi connectivity index (χ0n) is 17.2. The van der Waals surface area contributed by atoms with Crippen molar-refractivity contribution in [1.29, 1.82) is 0 Å². The first kappa shape index (κ1) is 22.1. The molecule has 0 aliphatic heterocycles. The van der Waals surface area contributed by atoms with Crippen LogP contribution in [0.3, 0.4) is 0 Å². The van der Waals surface area contributed by atoms with E-state index >= 15 is 0 Å². The van der Waals surface area contributed by atoms with Crippen LogP contribution < -0.4 is 5.32 Å². The molecule has 0 fully saturated rings. The maximum absolute atomic E-state index is 12.9. The van der Waals surface area contributed by atoms with Gasteiger partial charge >= 0.3 is 0 Å². The smallest absolute Gasteiger partial charge is 0.243 e. The van der Waals surface area contributed by atoms with Gasteiger partial charge in [0.1, 0.15) is 0 Å². The summed E-state index contributed by atoms with van der Waals surface area (Å²) >= 11 is 1.48. The number of benzene rings is 1. The minimum Gasteiger partial charge on any atom is -0.332 e. The van der Waals surface area contributed by atoms with E-state index in [1.165, 1.54) is 11.3 Å². The number of pyridine rings is 1. The Bertz CT molecular complexity index is 1070. The molecule has 0 spiro atoms. The van der Waals surface area contributed by atoms with Gasteiger partial charge in [-0.15, -0.1) is 11.3 Å². The lowest BCUT2D eigenvalue weighted by atomic mass is 10.2. The number of thiazole rings is 1. The molecule has 3 rings (SSSR count). The monoisotopic (exact) mass is 442 g/mol. The van der Waals surface area contributed by atoms with E-state index in [1.807, 2.05) is 31.4 Å². The maximum Gasteiger partial charge on any atom is 0.243 e. The van der Waals surface area contributed by atoms with Gasteiger partial charge in [-0.25, -0.2) is 13.4 Å². The van der Waals surface area contributed by atoms with Crippen molar-refractivity contribution in [2.24, 2.45) is 0 Å². The summed E-state index contributed by atoms with van der Waals surface area (Å²) in [6.45, 7) is 9.09. The summed E-state index contributed by atoms with van der Waals surface area (Å²) in [7, 11) is -3.49. The molecule has 0 aliphatic carbocycles. The number of nitrogens with zero attached hydrogens (tertiary/aromatic N) is 3. The summed E-state index contributed by atoms with van der Waals surface area (Å²) < 4.78 is 27.3. The summed E-state index contributed by atoms with van der Waals surface area (Å²) in [6.07, 6.45) is 5.04. The van der Waals surface area contributed by atoms with E-state index in [0.29, 0.717) is 23.7 Å². The molecular formula is C22H26N4O2S2. The minimum atomic E-state index is -3.49. The van der Waals surface area contributed by atoms with Crippen LogP contribution in [0, 0.1) is 0 Å². The summed E-state index contributed by atoms with van der Waals surface area (Å²) in [5.74, 6) is 0. The molecule has 1 N–H and O–H groups in total. The molecule has 2 aromatic heterocycles. The maximum atomic E-state index is 12.9. The van der Waals surface area contributed by atoms with Crippen molar-refractivity contribution in [2.45, 2.75) is 31.6 Å². The van der Waals surface area contributed by atoms with E-state index in [4.69, 9.17) is 0 Å². The SMILES string of the molecule is C=C(Nc1nc(-c2ccncc2)cs1)c1ccc(S(=O)(=O)N(CCC)CCC)cc1. The number of hydrogen-bond donors (Lipinski definition) is 1. The Morgan fingerprint density at radius 2 is 1.70 bits per heavy atom. The highest BCUT2D eigenvalue weighted by Crippen LogP contribution is 2.27. The van der Waals surface area contributed by atoms with Crippen LogP contribution in [0.25, 0.3) is 17.0 Å². The number of rotatable bonds is 10. The molecule has 0 bridgehead atoms. The van der Waals surface area contributed by atoms with Crippen molar-refractivity contribution in [3.8, 4) is 11.3 Å². The molecule has 0 unspecified atom stereocenters. The Labute approximate surface area is 182 Å². The molecule has 6 nitrogen and oxygen atoms in total. The second kappa shape index (κ2) is 9.97. The van der Waals surface area contributed by atoms with Crippen LogP contribution in [0.4, 0.5) is 5.13 Å². The molecule has 30 heavy (non-hydrogen) atoms. The van der Waals surface area contributed by atoms with E-state index in [-0.39, 0.29) is 0 Å². The Hall–Kier alpha value is -2.55. The highest BCUT2D eigenvalue weighted by Gasteiger charge is 2.22. The number of hydrogen-bond acceptors (Lipinski definition) is 6. The lowest BCUT2D eigenvalue weighted by Gasteiger charge is -2.21. The zero-order chi connectivity index (χ0) is 21.6. The molecule has 2 heterocycles. The van der Waals surface area contributed by atoms with Gasteiger partial charge in [-0.3, -0.25) is 4.98 Å². The first-order valence-electron chi connectivity index (χ1n) is 9.88. The quantitative estimate of drug-likeness (QED) is 0.473. The van der Waals surface area contributed by atoms with Gasteiger partial charge in [0.15, 0.2) is 5.13 Å². The van der Waals surface area contributed by atoms with E-state index in [9.17, 15) is 8.42 Å². The number of aromatic nitrogens is 2. The fraction of sp³-hybridized carbons (Fsp3) is 0.273. The average molecular weight is 443 g/mol. The fourth-order valence-electron chi connectivity index (χ4n) is 3.02. The highest BCUT2D eigenvalue weighted by molar-refractivity contribution is 7.89. The highest BCUT2D eigenvalue weighted by atomic mass is 32.2. The molecule has 8 heteroatoms. The predicted molar refractivity (Wildman–Crippen MR) is 124 cm³/mol. The predicted octanol–water partition coefficient (Wildman–Crippen LogP) is 5.10. The number of anilines is 1. The molecular weight excluding hydrogens is 416 g/mol. The normalized spacial score (nSPS) is 11.6. The first-order chi connectivity index (χ1) is 14.5. The molecule has 158 valence electrons. The summed E-state index contributed by atoms with van der Waals surface area (Å²) in [4.78, 5) is 8.91. The molecule has 1 aromatic carbocycles. The van der Waals surface area contributed by atoms with Crippen LogP contribution in [0.1, 0.15) is 32.3 Å². The van der Waals surface area contributed by atoms with Gasteiger partial charge in [-0.1, -0.05) is 32.6 Å². The average Bonchev–Trinajstić information content (AvgIpc) is 3.23. The fourth-order valence-corrected chi connectivity index (χ4v) is 5.39.